The van der Waals surface area contributed by atoms with Crippen molar-refractivity contribution in [1.29, 1.82) is 0 Å². The number of halogens is 3. The van der Waals surface area contributed by atoms with Crippen molar-refractivity contribution in [1.82, 2.24) is 9.78 Å². The van der Waals surface area contributed by atoms with Gasteiger partial charge in [0.25, 0.3) is 0 Å². The fraction of sp³-hybridized carbons (Fsp3) is 0.333. The number of aromatic nitrogens is 2. The number of aryl methyl sites for hydroxylation is 1. The van der Waals surface area contributed by atoms with Crippen molar-refractivity contribution in [3.05, 3.63) is 41.2 Å². The van der Waals surface area contributed by atoms with Crippen LogP contribution in [0.5, 0.6) is 5.75 Å². The minimum Gasteiger partial charge on any atom is -0.433 e. The van der Waals surface area contributed by atoms with E-state index in [1.807, 2.05) is 0 Å². The maximum atomic E-state index is 12.4. The highest BCUT2D eigenvalue weighted by Gasteiger charge is 2.17. The molecular formula is C15H16ClF2N3O2. The summed E-state index contributed by atoms with van der Waals surface area (Å²) in [7, 11) is 0. The number of hydrogen-bond acceptors (Lipinski definition) is 3. The predicted octanol–water partition coefficient (Wildman–Crippen LogP) is 3.72. The number of anilines is 1. The van der Waals surface area contributed by atoms with E-state index < -0.39 is 12.5 Å². The summed E-state index contributed by atoms with van der Waals surface area (Å²) in [6.07, 6.45) is 3.07. The normalized spacial score (nSPS) is 12.3. The van der Waals surface area contributed by atoms with Gasteiger partial charge in [0.2, 0.25) is 5.91 Å². The van der Waals surface area contributed by atoms with Crippen LogP contribution < -0.4 is 10.1 Å². The smallest absolute Gasteiger partial charge is 0.387 e. The fourth-order valence-corrected chi connectivity index (χ4v) is 2.15. The van der Waals surface area contributed by atoms with Crippen LogP contribution in [0.1, 0.15) is 12.5 Å². The third-order valence-corrected chi connectivity index (χ3v) is 3.31. The van der Waals surface area contributed by atoms with Gasteiger partial charge in [0.1, 0.15) is 5.75 Å². The highest BCUT2D eigenvalue weighted by molar-refractivity contribution is 6.30. The highest BCUT2D eigenvalue weighted by Crippen LogP contribution is 2.27. The number of nitrogens with one attached hydrogen (secondary N) is 1. The van der Waals surface area contributed by atoms with Crippen molar-refractivity contribution < 1.29 is 18.3 Å². The zero-order chi connectivity index (χ0) is 17.0. The van der Waals surface area contributed by atoms with E-state index in [2.05, 4.69) is 15.2 Å². The van der Waals surface area contributed by atoms with Gasteiger partial charge in [0, 0.05) is 6.20 Å². The van der Waals surface area contributed by atoms with Crippen molar-refractivity contribution in [2.24, 2.45) is 5.92 Å². The minimum atomic E-state index is -2.96. The Balaban J connectivity index is 2.08. The molecule has 2 aromatic rings. The van der Waals surface area contributed by atoms with Crippen LogP contribution in [0.4, 0.5) is 14.5 Å². The zero-order valence-electron chi connectivity index (χ0n) is 12.6. The molecule has 23 heavy (non-hydrogen) atoms. The molecule has 1 amide bonds. The topological polar surface area (TPSA) is 56.1 Å². The lowest BCUT2D eigenvalue weighted by Gasteiger charge is -2.16. The van der Waals surface area contributed by atoms with E-state index in [-0.39, 0.29) is 17.3 Å². The van der Waals surface area contributed by atoms with E-state index in [0.717, 1.165) is 5.56 Å². The average molecular weight is 344 g/mol. The van der Waals surface area contributed by atoms with Crippen LogP contribution >= 0.6 is 11.6 Å². The molecule has 0 bridgehead atoms. The molecule has 1 heterocycles. The Bertz CT molecular complexity index is 691. The van der Waals surface area contributed by atoms with Crippen molar-refractivity contribution in [3.63, 3.8) is 0 Å². The van der Waals surface area contributed by atoms with Crippen molar-refractivity contribution >= 4 is 23.2 Å². The number of alkyl halides is 2. The van der Waals surface area contributed by atoms with Gasteiger partial charge in [0.15, 0.2) is 0 Å². The van der Waals surface area contributed by atoms with Crippen LogP contribution in [0, 0.1) is 12.8 Å². The maximum Gasteiger partial charge on any atom is 0.387 e. The number of rotatable bonds is 6. The van der Waals surface area contributed by atoms with Crippen LogP contribution in [-0.2, 0) is 11.3 Å². The first kappa shape index (κ1) is 17.2. The molecule has 1 N–H and O–H groups in total. The molecule has 2 rings (SSSR count). The molecule has 1 atom stereocenters. The van der Waals surface area contributed by atoms with E-state index in [1.165, 1.54) is 12.3 Å². The number of carbonyl (C=O) groups excluding carboxylic acids is 1. The fourth-order valence-electron chi connectivity index (χ4n) is 2.00. The van der Waals surface area contributed by atoms with E-state index in [0.29, 0.717) is 11.6 Å². The maximum absolute atomic E-state index is 12.4. The Morgan fingerprint density at radius 3 is 2.83 bits per heavy atom. The molecule has 0 aliphatic heterocycles. The lowest BCUT2D eigenvalue weighted by atomic mass is 10.1. The first-order valence-corrected chi connectivity index (χ1v) is 7.27. The number of benzene rings is 1. The lowest BCUT2D eigenvalue weighted by Crippen LogP contribution is -2.25. The van der Waals surface area contributed by atoms with Crippen molar-refractivity contribution in [2.75, 3.05) is 5.32 Å². The summed E-state index contributed by atoms with van der Waals surface area (Å²) >= 11 is 5.77. The average Bonchev–Trinajstić information content (AvgIpc) is 2.86. The summed E-state index contributed by atoms with van der Waals surface area (Å²) < 4.78 is 30.8. The molecule has 0 saturated heterocycles. The summed E-state index contributed by atoms with van der Waals surface area (Å²) in [5, 5.41) is 7.09. The standard InChI is InChI=1S/C15H16ClF2N3O2/c1-9-3-4-13(23-15(17)18)12(5-9)20-14(22)10(2)7-21-8-11(16)6-19-21/h3-6,8,10,15H,7H2,1-2H3,(H,20,22). The lowest BCUT2D eigenvalue weighted by molar-refractivity contribution is -0.119. The summed E-state index contributed by atoms with van der Waals surface area (Å²) in [6.45, 7) is 0.845. The van der Waals surface area contributed by atoms with Crippen LogP contribution in [0.15, 0.2) is 30.6 Å². The minimum absolute atomic E-state index is 0.0757. The molecular weight excluding hydrogens is 328 g/mol. The number of hydrogen-bond donors (Lipinski definition) is 1. The number of ether oxygens (including phenoxy) is 1. The molecule has 0 saturated carbocycles. The predicted molar refractivity (Wildman–Crippen MR) is 82.8 cm³/mol. The molecule has 1 aromatic carbocycles. The van der Waals surface area contributed by atoms with Gasteiger partial charge in [-0.1, -0.05) is 24.6 Å². The van der Waals surface area contributed by atoms with Crippen LogP contribution in [0.3, 0.4) is 0 Å². The summed E-state index contributed by atoms with van der Waals surface area (Å²) in [5.41, 5.74) is 1.02. The molecule has 124 valence electrons. The van der Waals surface area contributed by atoms with E-state index in [4.69, 9.17) is 11.6 Å². The molecule has 1 unspecified atom stereocenters. The van der Waals surface area contributed by atoms with E-state index in [1.54, 1.807) is 36.9 Å². The molecule has 5 nitrogen and oxygen atoms in total. The van der Waals surface area contributed by atoms with Gasteiger partial charge in [-0.25, -0.2) is 0 Å². The largest absolute Gasteiger partial charge is 0.433 e. The first-order valence-electron chi connectivity index (χ1n) is 6.89. The van der Waals surface area contributed by atoms with Gasteiger partial charge in [0.05, 0.1) is 29.4 Å². The summed E-state index contributed by atoms with van der Waals surface area (Å²) in [5.74, 6) is -0.847. The second-order valence-corrected chi connectivity index (χ2v) is 5.59. The SMILES string of the molecule is Cc1ccc(OC(F)F)c(NC(=O)C(C)Cn2cc(Cl)cn2)c1. The molecule has 0 aliphatic rings. The number of nitrogens with zero attached hydrogens (tertiary/aromatic N) is 2. The third-order valence-electron chi connectivity index (χ3n) is 3.12. The number of carbonyl (C=O) groups is 1. The Hall–Kier alpha value is -2.15. The van der Waals surface area contributed by atoms with Gasteiger partial charge >= 0.3 is 6.61 Å². The molecule has 8 heteroatoms. The second-order valence-electron chi connectivity index (χ2n) is 5.15. The number of amides is 1. The van der Waals surface area contributed by atoms with E-state index >= 15 is 0 Å². The summed E-state index contributed by atoms with van der Waals surface area (Å²) in [6, 6.07) is 4.60. The van der Waals surface area contributed by atoms with Crippen LogP contribution in [0.2, 0.25) is 5.02 Å². The van der Waals surface area contributed by atoms with Crippen LogP contribution in [0.25, 0.3) is 0 Å². The van der Waals surface area contributed by atoms with Gasteiger partial charge in [-0.3, -0.25) is 9.48 Å². The third kappa shape index (κ3) is 4.92. The summed E-state index contributed by atoms with van der Waals surface area (Å²) in [4.78, 5) is 12.2. The van der Waals surface area contributed by atoms with Gasteiger partial charge in [-0.05, 0) is 24.6 Å². The molecule has 0 spiro atoms. The van der Waals surface area contributed by atoms with Crippen molar-refractivity contribution in [2.45, 2.75) is 27.0 Å². The monoisotopic (exact) mass is 343 g/mol. The zero-order valence-corrected chi connectivity index (χ0v) is 13.3. The van der Waals surface area contributed by atoms with Crippen molar-refractivity contribution in [3.8, 4) is 5.75 Å². The second kappa shape index (κ2) is 7.41. The quantitative estimate of drug-likeness (QED) is 0.869. The molecule has 0 aliphatic carbocycles. The van der Waals surface area contributed by atoms with Gasteiger partial charge in [-0.2, -0.15) is 13.9 Å². The first-order chi connectivity index (χ1) is 10.8. The molecule has 0 radical (unpaired) electrons. The Morgan fingerprint density at radius 2 is 2.22 bits per heavy atom. The van der Waals surface area contributed by atoms with Crippen LogP contribution in [-0.4, -0.2) is 22.3 Å². The van der Waals surface area contributed by atoms with Gasteiger partial charge in [-0.15, -0.1) is 0 Å². The molecule has 1 aromatic heterocycles. The Kier molecular flexibility index (Phi) is 5.54. The highest BCUT2D eigenvalue weighted by atomic mass is 35.5. The van der Waals surface area contributed by atoms with E-state index in [9.17, 15) is 13.6 Å². The van der Waals surface area contributed by atoms with Gasteiger partial charge < -0.3 is 10.1 Å². The molecule has 0 fully saturated rings. The Labute approximate surface area is 137 Å². The Morgan fingerprint density at radius 1 is 1.48 bits per heavy atom.